The number of nitrogens with zero attached hydrogens (tertiary/aromatic N) is 2. The molecule has 5 heteroatoms. The molecule has 2 N–H and O–H groups in total. The maximum atomic E-state index is 12.3. The number of hydrogen-bond acceptors (Lipinski definition) is 3. The summed E-state index contributed by atoms with van der Waals surface area (Å²) < 4.78 is 0. The Kier molecular flexibility index (Phi) is 4.37. The molecule has 2 fully saturated rings. The van der Waals surface area contributed by atoms with Crippen LogP contribution in [0.1, 0.15) is 40.0 Å². The molecule has 0 saturated carbocycles. The molecule has 2 heterocycles. The Morgan fingerprint density at radius 3 is 2.00 bits per heavy atom. The Labute approximate surface area is 121 Å². The van der Waals surface area contributed by atoms with Gasteiger partial charge >= 0.3 is 0 Å². The van der Waals surface area contributed by atoms with Gasteiger partial charge in [0.1, 0.15) is 0 Å². The third-order valence-corrected chi connectivity index (χ3v) is 5.02. The molecule has 0 aromatic rings. The lowest BCUT2D eigenvalue weighted by Gasteiger charge is -2.39. The lowest BCUT2D eigenvalue weighted by atomic mass is 9.78. The molecule has 114 valence electrons. The number of nitrogens with two attached hydrogens (primary N) is 1. The Morgan fingerprint density at radius 1 is 1.05 bits per heavy atom. The Bertz CT molecular complexity index is 387. The first-order valence-electron chi connectivity index (χ1n) is 7.64. The van der Waals surface area contributed by atoms with Crippen LogP contribution in [-0.2, 0) is 9.59 Å². The molecule has 0 radical (unpaired) electrons. The van der Waals surface area contributed by atoms with Crippen molar-refractivity contribution in [1.29, 1.82) is 0 Å². The van der Waals surface area contributed by atoms with Crippen LogP contribution in [0.4, 0.5) is 0 Å². The van der Waals surface area contributed by atoms with Crippen LogP contribution in [0.5, 0.6) is 0 Å². The van der Waals surface area contributed by atoms with E-state index in [9.17, 15) is 9.59 Å². The molecule has 1 spiro atoms. The van der Waals surface area contributed by atoms with E-state index in [1.165, 1.54) is 0 Å². The molecular formula is C15H27N3O2. The zero-order chi connectivity index (χ0) is 14.9. The van der Waals surface area contributed by atoms with Gasteiger partial charge in [0.2, 0.25) is 11.8 Å². The molecule has 0 aromatic heterocycles. The van der Waals surface area contributed by atoms with Gasteiger partial charge in [-0.15, -0.1) is 0 Å². The van der Waals surface area contributed by atoms with E-state index < -0.39 is 0 Å². The molecule has 0 aromatic carbocycles. The first-order valence-corrected chi connectivity index (χ1v) is 7.64. The van der Waals surface area contributed by atoms with Crippen LogP contribution in [0.15, 0.2) is 0 Å². The van der Waals surface area contributed by atoms with Crippen LogP contribution in [0.25, 0.3) is 0 Å². The van der Waals surface area contributed by atoms with Gasteiger partial charge in [-0.2, -0.15) is 0 Å². The summed E-state index contributed by atoms with van der Waals surface area (Å²) in [5, 5.41) is 0. The number of rotatable bonds is 2. The third kappa shape index (κ3) is 2.97. The van der Waals surface area contributed by atoms with Gasteiger partial charge in [0.15, 0.2) is 0 Å². The van der Waals surface area contributed by atoms with E-state index in [4.69, 9.17) is 5.73 Å². The second-order valence-corrected chi connectivity index (χ2v) is 6.79. The maximum absolute atomic E-state index is 12.3. The highest BCUT2D eigenvalue weighted by Crippen LogP contribution is 2.40. The van der Waals surface area contributed by atoms with E-state index >= 15 is 0 Å². The lowest BCUT2D eigenvalue weighted by molar-refractivity contribution is -0.134. The van der Waals surface area contributed by atoms with Gasteiger partial charge in [-0.3, -0.25) is 9.59 Å². The molecular weight excluding hydrogens is 254 g/mol. The minimum absolute atomic E-state index is 0.0888. The van der Waals surface area contributed by atoms with Crippen molar-refractivity contribution in [1.82, 2.24) is 9.80 Å². The summed E-state index contributed by atoms with van der Waals surface area (Å²) in [6.45, 7) is 8.89. The van der Waals surface area contributed by atoms with Crippen molar-refractivity contribution in [2.75, 3.05) is 26.2 Å². The van der Waals surface area contributed by atoms with E-state index in [0.29, 0.717) is 0 Å². The van der Waals surface area contributed by atoms with Crippen molar-refractivity contribution < 1.29 is 9.59 Å². The van der Waals surface area contributed by atoms with Gasteiger partial charge in [0.25, 0.3) is 0 Å². The highest BCUT2D eigenvalue weighted by Gasteiger charge is 2.43. The molecule has 2 saturated heterocycles. The van der Waals surface area contributed by atoms with E-state index in [2.05, 4.69) is 0 Å². The lowest BCUT2D eigenvalue weighted by Crippen LogP contribution is -2.48. The molecule has 1 atom stereocenters. The number of carbonyl (C=O) groups is 2. The molecule has 2 rings (SSSR count). The van der Waals surface area contributed by atoms with Crippen molar-refractivity contribution in [3.05, 3.63) is 0 Å². The molecule has 0 unspecified atom stereocenters. The summed E-state index contributed by atoms with van der Waals surface area (Å²) >= 11 is 0. The predicted octanol–water partition coefficient (Wildman–Crippen LogP) is 0.831. The number of likely N-dealkylation sites (tertiary alicyclic amines) is 2. The van der Waals surface area contributed by atoms with Gasteiger partial charge in [0.05, 0.1) is 6.04 Å². The standard InChI is InChI=1S/C15H27N3O2/c1-11(2)13(16)14(20)18-9-6-15(10-18)4-7-17(8-5-15)12(3)19/h11,13H,4-10,16H2,1-3H3/t13-/m1/s1. The number of amides is 2. The third-order valence-electron chi connectivity index (χ3n) is 5.02. The SMILES string of the molecule is CC(=O)N1CCC2(CC1)CCN(C(=O)[C@H](N)C(C)C)C2. The average Bonchev–Trinajstić information content (AvgIpc) is 2.81. The fraction of sp³-hybridized carbons (Fsp3) is 0.867. The van der Waals surface area contributed by atoms with E-state index in [1.54, 1.807) is 6.92 Å². The summed E-state index contributed by atoms with van der Waals surface area (Å²) in [7, 11) is 0. The highest BCUT2D eigenvalue weighted by atomic mass is 16.2. The smallest absolute Gasteiger partial charge is 0.239 e. The van der Waals surface area contributed by atoms with Crippen molar-refractivity contribution in [3.8, 4) is 0 Å². The van der Waals surface area contributed by atoms with Gasteiger partial charge in [0, 0.05) is 33.1 Å². The minimum Gasteiger partial charge on any atom is -0.343 e. The van der Waals surface area contributed by atoms with Gasteiger partial charge in [-0.05, 0) is 30.6 Å². The minimum atomic E-state index is -0.387. The second-order valence-electron chi connectivity index (χ2n) is 6.79. The van der Waals surface area contributed by atoms with E-state index in [0.717, 1.165) is 45.4 Å². The molecule has 2 aliphatic rings. The molecule has 0 aliphatic carbocycles. The van der Waals surface area contributed by atoms with Crippen LogP contribution in [0, 0.1) is 11.3 Å². The highest BCUT2D eigenvalue weighted by molar-refractivity contribution is 5.82. The Morgan fingerprint density at radius 2 is 1.55 bits per heavy atom. The van der Waals surface area contributed by atoms with Gasteiger partial charge in [-0.1, -0.05) is 13.8 Å². The van der Waals surface area contributed by atoms with Crippen LogP contribution in [-0.4, -0.2) is 53.8 Å². The molecule has 20 heavy (non-hydrogen) atoms. The van der Waals surface area contributed by atoms with Crippen molar-refractivity contribution in [2.24, 2.45) is 17.1 Å². The molecule has 2 aliphatic heterocycles. The Balaban J connectivity index is 1.93. The summed E-state index contributed by atoms with van der Waals surface area (Å²) in [6.07, 6.45) is 3.07. The van der Waals surface area contributed by atoms with Crippen LogP contribution < -0.4 is 5.73 Å². The molecule has 0 bridgehead atoms. The summed E-state index contributed by atoms with van der Waals surface area (Å²) in [5.74, 6) is 0.428. The number of hydrogen-bond donors (Lipinski definition) is 1. The fourth-order valence-corrected chi connectivity index (χ4v) is 3.32. The molecule has 2 amide bonds. The summed E-state index contributed by atoms with van der Waals surface area (Å²) in [6, 6.07) is -0.387. The van der Waals surface area contributed by atoms with E-state index in [-0.39, 0.29) is 29.2 Å². The quantitative estimate of drug-likeness (QED) is 0.815. The predicted molar refractivity (Wildman–Crippen MR) is 77.9 cm³/mol. The summed E-state index contributed by atoms with van der Waals surface area (Å²) in [5.41, 5.74) is 6.20. The molecule has 5 nitrogen and oxygen atoms in total. The second kappa shape index (κ2) is 5.72. The van der Waals surface area contributed by atoms with Crippen molar-refractivity contribution in [3.63, 3.8) is 0 Å². The van der Waals surface area contributed by atoms with Crippen LogP contribution in [0.2, 0.25) is 0 Å². The number of carbonyl (C=O) groups excluding carboxylic acids is 2. The number of piperidine rings is 1. The van der Waals surface area contributed by atoms with Crippen LogP contribution >= 0.6 is 0 Å². The van der Waals surface area contributed by atoms with Crippen molar-refractivity contribution >= 4 is 11.8 Å². The normalized spacial score (nSPS) is 23.4. The van der Waals surface area contributed by atoms with Crippen molar-refractivity contribution in [2.45, 2.75) is 46.1 Å². The Hall–Kier alpha value is -1.10. The van der Waals surface area contributed by atoms with Gasteiger partial charge in [-0.25, -0.2) is 0 Å². The zero-order valence-electron chi connectivity index (χ0n) is 12.9. The average molecular weight is 281 g/mol. The summed E-state index contributed by atoms with van der Waals surface area (Å²) in [4.78, 5) is 27.6. The van der Waals surface area contributed by atoms with Gasteiger partial charge < -0.3 is 15.5 Å². The topological polar surface area (TPSA) is 66.6 Å². The monoisotopic (exact) mass is 281 g/mol. The zero-order valence-corrected chi connectivity index (χ0v) is 12.9. The van der Waals surface area contributed by atoms with E-state index in [1.807, 2.05) is 23.6 Å². The maximum Gasteiger partial charge on any atom is 0.239 e. The van der Waals surface area contributed by atoms with Crippen LogP contribution in [0.3, 0.4) is 0 Å². The fourth-order valence-electron chi connectivity index (χ4n) is 3.32. The largest absolute Gasteiger partial charge is 0.343 e. The first kappa shape index (κ1) is 15.3. The first-order chi connectivity index (χ1) is 9.34.